The largest absolute Gasteiger partial charge is 0.337 e. The van der Waals surface area contributed by atoms with Gasteiger partial charge in [-0.25, -0.2) is 0 Å². The number of likely N-dealkylation sites (tertiary alicyclic amines) is 1. The monoisotopic (exact) mass is 260 g/mol. The van der Waals surface area contributed by atoms with Crippen molar-refractivity contribution >= 4 is 28.4 Å². The summed E-state index contributed by atoms with van der Waals surface area (Å²) in [6.07, 6.45) is 2.24. The van der Waals surface area contributed by atoms with E-state index in [9.17, 15) is 4.79 Å². The van der Waals surface area contributed by atoms with Crippen molar-refractivity contribution in [1.82, 2.24) is 9.88 Å². The number of fused-ring (bicyclic) bond motifs is 1. The summed E-state index contributed by atoms with van der Waals surface area (Å²) < 4.78 is 0. The van der Waals surface area contributed by atoms with Crippen LogP contribution in [0, 0.1) is 0 Å². The Labute approximate surface area is 110 Å². The van der Waals surface area contributed by atoms with Crippen molar-refractivity contribution in [1.29, 1.82) is 0 Å². The predicted molar refractivity (Wildman–Crippen MR) is 71.4 cm³/mol. The zero-order chi connectivity index (χ0) is 12.5. The Balaban J connectivity index is 1.84. The van der Waals surface area contributed by atoms with Crippen LogP contribution in [0.15, 0.2) is 36.5 Å². The highest BCUT2D eigenvalue weighted by Gasteiger charge is 2.27. The average molecular weight is 261 g/mol. The maximum atomic E-state index is 11.7. The normalized spacial score (nSPS) is 19.7. The van der Waals surface area contributed by atoms with E-state index in [-0.39, 0.29) is 11.3 Å². The molecule has 1 saturated heterocycles. The molecule has 2 aromatic rings. The molecular weight excluding hydrogens is 248 g/mol. The van der Waals surface area contributed by atoms with Crippen molar-refractivity contribution in [3.63, 3.8) is 0 Å². The van der Waals surface area contributed by atoms with Gasteiger partial charge in [0.2, 0.25) is 5.91 Å². The van der Waals surface area contributed by atoms with Crippen molar-refractivity contribution in [2.24, 2.45) is 0 Å². The van der Waals surface area contributed by atoms with E-state index < -0.39 is 0 Å². The third-order valence-electron chi connectivity index (χ3n) is 3.21. The maximum Gasteiger partial charge on any atom is 0.224 e. The second-order valence-corrected chi connectivity index (χ2v) is 5.22. The molecule has 1 aromatic heterocycles. The van der Waals surface area contributed by atoms with E-state index in [1.165, 1.54) is 0 Å². The number of rotatable bonds is 2. The number of hydrogen-bond acceptors (Lipinski definition) is 2. The zero-order valence-electron chi connectivity index (χ0n) is 9.84. The molecule has 0 radical (unpaired) electrons. The Morgan fingerprint density at radius 2 is 2.28 bits per heavy atom. The van der Waals surface area contributed by atoms with E-state index in [1.807, 2.05) is 29.2 Å². The number of carbonyl (C=O) groups is 1. The van der Waals surface area contributed by atoms with Gasteiger partial charge in [0.1, 0.15) is 0 Å². The molecular formula is C14H13ClN2O. The van der Waals surface area contributed by atoms with E-state index in [4.69, 9.17) is 11.6 Å². The summed E-state index contributed by atoms with van der Waals surface area (Å²) in [5.74, 6) is 0.140. The van der Waals surface area contributed by atoms with Crippen LogP contribution < -0.4 is 0 Å². The number of alkyl halides is 1. The minimum Gasteiger partial charge on any atom is -0.337 e. The summed E-state index contributed by atoms with van der Waals surface area (Å²) in [4.78, 5) is 17.8. The van der Waals surface area contributed by atoms with Crippen molar-refractivity contribution in [3.05, 3.63) is 42.1 Å². The minimum atomic E-state index is -0.0420. The van der Waals surface area contributed by atoms with Crippen LogP contribution in [0.3, 0.4) is 0 Å². The van der Waals surface area contributed by atoms with Crippen molar-refractivity contribution < 1.29 is 4.79 Å². The van der Waals surface area contributed by atoms with E-state index in [2.05, 4.69) is 11.1 Å². The number of carbonyl (C=O) groups excluding carboxylic acids is 1. The standard InChI is InChI=1S/C14H13ClN2O/c15-12-7-14(18)17(9-12)8-10-3-4-13-11(6-10)2-1-5-16-13/h1-6,12H,7-9H2. The van der Waals surface area contributed by atoms with Gasteiger partial charge < -0.3 is 4.90 Å². The fraction of sp³-hybridized carbons (Fsp3) is 0.286. The Morgan fingerprint density at radius 1 is 1.39 bits per heavy atom. The Hall–Kier alpha value is -1.61. The lowest BCUT2D eigenvalue weighted by Crippen LogP contribution is -2.24. The van der Waals surface area contributed by atoms with Crippen molar-refractivity contribution in [2.45, 2.75) is 18.3 Å². The molecule has 1 aliphatic heterocycles. The third-order valence-corrected chi connectivity index (χ3v) is 3.50. The first-order valence-corrected chi connectivity index (χ1v) is 6.41. The number of amides is 1. The highest BCUT2D eigenvalue weighted by Crippen LogP contribution is 2.20. The summed E-state index contributed by atoms with van der Waals surface area (Å²) in [6.45, 7) is 1.28. The summed E-state index contributed by atoms with van der Waals surface area (Å²) in [5, 5.41) is 1.06. The van der Waals surface area contributed by atoms with E-state index in [0.29, 0.717) is 19.5 Å². The predicted octanol–water partition coefficient (Wildman–Crippen LogP) is 2.57. The summed E-state index contributed by atoms with van der Waals surface area (Å²) >= 11 is 5.99. The maximum absolute atomic E-state index is 11.7. The second kappa shape index (κ2) is 4.58. The molecule has 1 amide bonds. The Kier molecular flexibility index (Phi) is 2.92. The molecule has 0 bridgehead atoms. The van der Waals surface area contributed by atoms with Gasteiger partial charge in [-0.1, -0.05) is 12.1 Å². The lowest BCUT2D eigenvalue weighted by molar-refractivity contribution is -0.128. The van der Waals surface area contributed by atoms with Gasteiger partial charge in [0.25, 0.3) is 0 Å². The molecule has 1 aromatic carbocycles. The first kappa shape index (κ1) is 11.5. The molecule has 1 aliphatic rings. The Bertz CT molecular complexity index is 599. The smallest absolute Gasteiger partial charge is 0.224 e. The molecule has 2 heterocycles. The lowest BCUT2D eigenvalue weighted by atomic mass is 10.1. The number of pyridine rings is 1. The van der Waals surface area contributed by atoms with E-state index in [0.717, 1.165) is 16.5 Å². The number of nitrogens with zero attached hydrogens (tertiary/aromatic N) is 2. The Morgan fingerprint density at radius 3 is 3.06 bits per heavy atom. The molecule has 3 rings (SSSR count). The SMILES string of the molecule is O=C1CC(Cl)CN1Cc1ccc2ncccc2c1. The average Bonchev–Trinajstić information content (AvgIpc) is 2.68. The van der Waals surface area contributed by atoms with Gasteiger partial charge in [-0.3, -0.25) is 9.78 Å². The topological polar surface area (TPSA) is 33.2 Å². The van der Waals surface area contributed by atoms with Crippen LogP contribution in [0.2, 0.25) is 0 Å². The van der Waals surface area contributed by atoms with E-state index >= 15 is 0 Å². The van der Waals surface area contributed by atoms with Crippen LogP contribution >= 0.6 is 11.6 Å². The zero-order valence-corrected chi connectivity index (χ0v) is 10.6. The quantitative estimate of drug-likeness (QED) is 0.778. The fourth-order valence-electron chi connectivity index (χ4n) is 2.32. The lowest BCUT2D eigenvalue weighted by Gasteiger charge is -2.15. The molecule has 1 atom stereocenters. The minimum absolute atomic E-state index is 0.0420. The summed E-state index contributed by atoms with van der Waals surface area (Å²) in [6, 6.07) is 10.0. The van der Waals surface area contributed by atoms with Gasteiger partial charge in [-0.15, -0.1) is 11.6 Å². The molecule has 1 unspecified atom stereocenters. The van der Waals surface area contributed by atoms with Gasteiger partial charge in [0.05, 0.1) is 10.9 Å². The van der Waals surface area contributed by atoms with Gasteiger partial charge in [0, 0.05) is 31.1 Å². The number of benzene rings is 1. The molecule has 4 heteroatoms. The van der Waals surface area contributed by atoms with Crippen LogP contribution in [0.4, 0.5) is 0 Å². The molecule has 92 valence electrons. The van der Waals surface area contributed by atoms with Gasteiger partial charge in [-0.2, -0.15) is 0 Å². The number of hydrogen-bond donors (Lipinski definition) is 0. The molecule has 0 spiro atoms. The highest BCUT2D eigenvalue weighted by atomic mass is 35.5. The number of aromatic nitrogens is 1. The summed E-state index contributed by atoms with van der Waals surface area (Å²) in [7, 11) is 0. The molecule has 3 nitrogen and oxygen atoms in total. The first-order chi connectivity index (χ1) is 8.72. The van der Waals surface area contributed by atoms with Crippen LogP contribution in [0.25, 0.3) is 10.9 Å². The second-order valence-electron chi connectivity index (χ2n) is 4.61. The van der Waals surface area contributed by atoms with Crippen molar-refractivity contribution in [2.75, 3.05) is 6.54 Å². The van der Waals surface area contributed by atoms with Gasteiger partial charge in [-0.05, 0) is 23.8 Å². The van der Waals surface area contributed by atoms with Crippen LogP contribution in [0.5, 0.6) is 0 Å². The molecule has 0 N–H and O–H groups in total. The molecule has 0 aliphatic carbocycles. The van der Waals surface area contributed by atoms with E-state index in [1.54, 1.807) is 6.20 Å². The van der Waals surface area contributed by atoms with Crippen LogP contribution in [-0.4, -0.2) is 27.7 Å². The highest BCUT2D eigenvalue weighted by molar-refractivity contribution is 6.22. The van der Waals surface area contributed by atoms with Crippen LogP contribution in [-0.2, 0) is 11.3 Å². The van der Waals surface area contributed by atoms with Gasteiger partial charge >= 0.3 is 0 Å². The summed E-state index contributed by atoms with van der Waals surface area (Å²) in [5.41, 5.74) is 2.10. The third kappa shape index (κ3) is 2.18. The molecule has 1 fully saturated rings. The van der Waals surface area contributed by atoms with Gasteiger partial charge in [0.15, 0.2) is 0 Å². The first-order valence-electron chi connectivity index (χ1n) is 5.98. The number of halogens is 1. The molecule has 0 saturated carbocycles. The van der Waals surface area contributed by atoms with Crippen LogP contribution in [0.1, 0.15) is 12.0 Å². The van der Waals surface area contributed by atoms with Crippen molar-refractivity contribution in [3.8, 4) is 0 Å². The molecule has 18 heavy (non-hydrogen) atoms. The fourth-order valence-corrected chi connectivity index (χ4v) is 2.62.